The highest BCUT2D eigenvalue weighted by Crippen LogP contribution is 2.38. The highest BCUT2D eigenvalue weighted by Gasteiger charge is 2.34. The molecular formula is C18H11F3N2. The van der Waals surface area contributed by atoms with E-state index in [4.69, 9.17) is 0 Å². The fraction of sp³-hybridized carbons (Fsp3) is 0.0556. The first-order valence-corrected chi connectivity index (χ1v) is 7.08. The second-order valence-electron chi connectivity index (χ2n) is 5.31. The predicted octanol–water partition coefficient (Wildman–Crippen LogP) is 5.36. The molecule has 3 aromatic carbocycles. The number of aliphatic imine (C=N–C) groups is 1. The van der Waals surface area contributed by atoms with Gasteiger partial charge in [-0.3, -0.25) is 0 Å². The lowest BCUT2D eigenvalue weighted by molar-refractivity contribution is -0.137. The van der Waals surface area contributed by atoms with Crippen molar-refractivity contribution in [1.29, 1.82) is 0 Å². The van der Waals surface area contributed by atoms with Crippen molar-refractivity contribution in [3.8, 4) is 0 Å². The number of benzene rings is 3. The Bertz CT molecular complexity index is 937. The highest BCUT2D eigenvalue weighted by molar-refractivity contribution is 6.19. The van der Waals surface area contributed by atoms with Gasteiger partial charge in [0.15, 0.2) is 0 Å². The molecule has 0 spiro atoms. The van der Waals surface area contributed by atoms with Gasteiger partial charge in [0.05, 0.1) is 11.3 Å². The van der Waals surface area contributed by atoms with Crippen LogP contribution >= 0.6 is 0 Å². The summed E-state index contributed by atoms with van der Waals surface area (Å²) in [7, 11) is 0. The van der Waals surface area contributed by atoms with Gasteiger partial charge in [-0.25, -0.2) is 4.99 Å². The molecule has 0 radical (unpaired) electrons. The summed E-state index contributed by atoms with van der Waals surface area (Å²) in [6, 6.07) is 16.7. The topological polar surface area (TPSA) is 24.4 Å². The smallest absolute Gasteiger partial charge is 0.339 e. The molecule has 0 unspecified atom stereocenters. The number of hydrogen-bond donors (Lipinski definition) is 1. The first-order chi connectivity index (χ1) is 11.0. The molecule has 23 heavy (non-hydrogen) atoms. The quantitative estimate of drug-likeness (QED) is 0.642. The molecule has 0 aromatic heterocycles. The van der Waals surface area contributed by atoms with Crippen molar-refractivity contribution in [2.75, 3.05) is 5.32 Å². The molecule has 3 aromatic rings. The molecule has 5 heteroatoms. The van der Waals surface area contributed by atoms with Gasteiger partial charge < -0.3 is 5.32 Å². The summed E-state index contributed by atoms with van der Waals surface area (Å²) >= 11 is 0. The molecule has 1 aliphatic heterocycles. The molecule has 4 rings (SSSR count). The minimum atomic E-state index is -4.43. The fourth-order valence-electron chi connectivity index (χ4n) is 2.86. The van der Waals surface area contributed by atoms with Crippen LogP contribution < -0.4 is 5.32 Å². The summed E-state index contributed by atoms with van der Waals surface area (Å²) in [5, 5.41) is 4.96. The van der Waals surface area contributed by atoms with Crippen molar-refractivity contribution in [3.05, 3.63) is 71.8 Å². The molecule has 0 saturated carbocycles. The average Bonchev–Trinajstić information content (AvgIpc) is 2.54. The van der Waals surface area contributed by atoms with Gasteiger partial charge in [0.2, 0.25) is 0 Å². The number of nitrogens with zero attached hydrogens (tertiary/aromatic N) is 1. The van der Waals surface area contributed by atoms with E-state index in [0.29, 0.717) is 5.69 Å². The van der Waals surface area contributed by atoms with Gasteiger partial charge in [-0.05, 0) is 23.6 Å². The molecule has 0 amide bonds. The van der Waals surface area contributed by atoms with Crippen LogP contribution in [0.25, 0.3) is 10.8 Å². The maximum atomic E-state index is 13.2. The van der Waals surface area contributed by atoms with Gasteiger partial charge in [0.25, 0.3) is 0 Å². The molecular weight excluding hydrogens is 301 g/mol. The standard InChI is InChI=1S/C18H11F3N2/c19-18(20,21)13-8-2-1-7-12(13)17-22-14-9-3-5-11-6-4-10-15(23-17)16(11)14/h1-10H,(H,22,23). The Labute approximate surface area is 130 Å². The monoisotopic (exact) mass is 312 g/mol. The predicted molar refractivity (Wildman–Crippen MR) is 85.2 cm³/mol. The molecule has 0 fully saturated rings. The van der Waals surface area contributed by atoms with E-state index in [2.05, 4.69) is 10.3 Å². The lowest BCUT2D eigenvalue weighted by Crippen LogP contribution is -2.21. The summed E-state index contributed by atoms with van der Waals surface area (Å²) in [5.41, 5.74) is 0.785. The Hall–Kier alpha value is -2.82. The Morgan fingerprint density at radius 3 is 2.35 bits per heavy atom. The van der Waals surface area contributed by atoms with Crippen LogP contribution in [-0.2, 0) is 6.18 Å². The minimum Gasteiger partial charge on any atom is -0.339 e. The van der Waals surface area contributed by atoms with Crippen molar-refractivity contribution in [2.24, 2.45) is 4.99 Å². The van der Waals surface area contributed by atoms with E-state index in [1.807, 2.05) is 36.4 Å². The molecule has 0 bridgehead atoms. The number of alkyl halides is 3. The Morgan fingerprint density at radius 2 is 1.57 bits per heavy atom. The second-order valence-corrected chi connectivity index (χ2v) is 5.31. The van der Waals surface area contributed by atoms with E-state index in [-0.39, 0.29) is 11.4 Å². The summed E-state index contributed by atoms with van der Waals surface area (Å²) in [6.45, 7) is 0. The summed E-state index contributed by atoms with van der Waals surface area (Å²) in [5.74, 6) is 0.212. The molecule has 0 atom stereocenters. The van der Waals surface area contributed by atoms with Crippen LogP contribution in [0.1, 0.15) is 11.1 Å². The molecule has 2 nitrogen and oxygen atoms in total. The second kappa shape index (κ2) is 4.84. The average molecular weight is 312 g/mol. The SMILES string of the molecule is FC(F)(F)c1ccccc1C1=Nc2cccc3cccc(c23)N1. The first-order valence-electron chi connectivity index (χ1n) is 7.08. The van der Waals surface area contributed by atoms with Crippen LogP contribution in [0.15, 0.2) is 65.7 Å². The zero-order valence-corrected chi connectivity index (χ0v) is 11.9. The summed E-state index contributed by atoms with van der Waals surface area (Å²) < 4.78 is 39.7. The van der Waals surface area contributed by atoms with E-state index in [0.717, 1.165) is 22.5 Å². The molecule has 1 N–H and O–H groups in total. The third-order valence-electron chi connectivity index (χ3n) is 3.86. The van der Waals surface area contributed by atoms with Crippen molar-refractivity contribution in [2.45, 2.75) is 6.18 Å². The lowest BCUT2D eigenvalue weighted by atomic mass is 10.0. The molecule has 1 aliphatic rings. The van der Waals surface area contributed by atoms with Gasteiger partial charge >= 0.3 is 6.18 Å². The Morgan fingerprint density at radius 1 is 0.826 bits per heavy atom. The van der Waals surface area contributed by atoms with Gasteiger partial charge in [-0.15, -0.1) is 0 Å². The number of amidine groups is 1. The summed E-state index contributed by atoms with van der Waals surface area (Å²) in [6.07, 6.45) is -4.43. The van der Waals surface area contributed by atoms with Crippen LogP contribution in [0.5, 0.6) is 0 Å². The van der Waals surface area contributed by atoms with Crippen molar-refractivity contribution in [3.63, 3.8) is 0 Å². The molecule has 1 heterocycles. The molecule has 0 saturated heterocycles. The van der Waals surface area contributed by atoms with E-state index in [9.17, 15) is 13.2 Å². The van der Waals surface area contributed by atoms with Crippen LogP contribution in [0.2, 0.25) is 0 Å². The van der Waals surface area contributed by atoms with Crippen molar-refractivity contribution < 1.29 is 13.2 Å². The zero-order chi connectivity index (χ0) is 16.0. The third kappa shape index (κ3) is 2.25. The largest absolute Gasteiger partial charge is 0.417 e. The normalized spacial score (nSPS) is 13.6. The van der Waals surface area contributed by atoms with Gasteiger partial charge in [0, 0.05) is 16.6 Å². The van der Waals surface area contributed by atoms with Crippen LogP contribution in [0.4, 0.5) is 24.5 Å². The Balaban J connectivity index is 1.94. The van der Waals surface area contributed by atoms with E-state index < -0.39 is 11.7 Å². The van der Waals surface area contributed by atoms with E-state index >= 15 is 0 Å². The van der Waals surface area contributed by atoms with Crippen LogP contribution in [0.3, 0.4) is 0 Å². The molecule has 114 valence electrons. The molecule has 0 aliphatic carbocycles. The number of nitrogens with one attached hydrogen (secondary N) is 1. The van der Waals surface area contributed by atoms with Crippen molar-refractivity contribution in [1.82, 2.24) is 0 Å². The van der Waals surface area contributed by atoms with Crippen LogP contribution in [0, 0.1) is 0 Å². The van der Waals surface area contributed by atoms with E-state index in [1.165, 1.54) is 12.1 Å². The lowest BCUT2D eigenvalue weighted by Gasteiger charge is -2.21. The first kappa shape index (κ1) is 13.8. The van der Waals surface area contributed by atoms with Gasteiger partial charge in [-0.2, -0.15) is 13.2 Å². The van der Waals surface area contributed by atoms with E-state index in [1.54, 1.807) is 6.07 Å². The zero-order valence-electron chi connectivity index (χ0n) is 11.9. The minimum absolute atomic E-state index is 0.0477. The number of rotatable bonds is 1. The maximum absolute atomic E-state index is 13.2. The van der Waals surface area contributed by atoms with Crippen LogP contribution in [-0.4, -0.2) is 5.84 Å². The number of halogens is 3. The van der Waals surface area contributed by atoms with Crippen molar-refractivity contribution >= 4 is 28.0 Å². The number of anilines is 1. The third-order valence-corrected chi connectivity index (χ3v) is 3.86. The fourth-order valence-corrected chi connectivity index (χ4v) is 2.86. The summed E-state index contributed by atoms with van der Waals surface area (Å²) in [4.78, 5) is 4.41. The van der Waals surface area contributed by atoms with Gasteiger partial charge in [-0.1, -0.05) is 42.5 Å². The highest BCUT2D eigenvalue weighted by atomic mass is 19.4. The maximum Gasteiger partial charge on any atom is 0.417 e. The number of hydrogen-bond acceptors (Lipinski definition) is 2. The van der Waals surface area contributed by atoms with Gasteiger partial charge in [0.1, 0.15) is 5.84 Å². The Kier molecular flexibility index (Phi) is 2.91.